The second-order valence-corrected chi connectivity index (χ2v) is 3.74. The molecule has 0 aromatic heterocycles. The van der Waals surface area contributed by atoms with E-state index in [1.165, 1.54) is 34.6 Å². The molecule has 1 aromatic carbocycles. The monoisotopic (exact) mass is 295 g/mol. The van der Waals surface area contributed by atoms with Crippen LogP contribution in [0.25, 0.3) is 0 Å². The summed E-state index contributed by atoms with van der Waals surface area (Å²) in [6, 6.07) is 3.30. The van der Waals surface area contributed by atoms with Gasteiger partial charge in [0, 0.05) is 12.6 Å². The number of hydrazone groups is 1. The molecular formula is C13H17N3O5. The number of methoxy groups -OCH3 is 3. The summed E-state index contributed by atoms with van der Waals surface area (Å²) >= 11 is 0. The van der Waals surface area contributed by atoms with E-state index >= 15 is 0 Å². The molecule has 8 nitrogen and oxygen atoms in total. The second kappa shape index (κ2) is 7.73. The number of carbonyl (C=O) groups is 2. The largest absolute Gasteiger partial charge is 0.493 e. The van der Waals surface area contributed by atoms with Gasteiger partial charge in [0.05, 0.1) is 27.5 Å². The van der Waals surface area contributed by atoms with Gasteiger partial charge in [-0.05, 0) is 12.1 Å². The van der Waals surface area contributed by atoms with E-state index < -0.39 is 11.8 Å². The average Bonchev–Trinajstić information content (AvgIpc) is 2.52. The highest BCUT2D eigenvalue weighted by atomic mass is 16.5. The summed E-state index contributed by atoms with van der Waals surface area (Å²) < 4.78 is 15.6. The molecule has 2 amide bonds. The first-order valence-electron chi connectivity index (χ1n) is 5.92. The molecule has 0 atom stereocenters. The molecule has 1 rings (SSSR count). The zero-order valence-corrected chi connectivity index (χ0v) is 12.2. The van der Waals surface area contributed by atoms with Crippen LogP contribution in [-0.4, -0.2) is 46.4 Å². The Bertz CT molecular complexity index is 532. The number of rotatable bonds is 5. The van der Waals surface area contributed by atoms with Crippen LogP contribution in [0.1, 0.15) is 5.56 Å². The van der Waals surface area contributed by atoms with Gasteiger partial charge in [0.25, 0.3) is 0 Å². The van der Waals surface area contributed by atoms with Crippen molar-refractivity contribution in [2.24, 2.45) is 5.10 Å². The van der Waals surface area contributed by atoms with Crippen molar-refractivity contribution >= 4 is 18.0 Å². The van der Waals surface area contributed by atoms with Crippen LogP contribution < -0.4 is 25.0 Å². The summed E-state index contributed by atoms with van der Waals surface area (Å²) in [7, 11) is 5.83. The van der Waals surface area contributed by atoms with Crippen molar-refractivity contribution < 1.29 is 23.8 Å². The fraction of sp³-hybridized carbons (Fsp3) is 0.308. The number of nitrogens with zero attached hydrogens (tertiary/aromatic N) is 1. The smallest absolute Gasteiger partial charge is 0.329 e. The van der Waals surface area contributed by atoms with E-state index in [4.69, 9.17) is 14.2 Å². The van der Waals surface area contributed by atoms with Gasteiger partial charge in [-0.1, -0.05) is 0 Å². The van der Waals surface area contributed by atoms with Crippen LogP contribution in [-0.2, 0) is 9.59 Å². The first-order chi connectivity index (χ1) is 10.1. The van der Waals surface area contributed by atoms with Gasteiger partial charge in [0.2, 0.25) is 5.75 Å². The Morgan fingerprint density at radius 3 is 2.05 bits per heavy atom. The molecule has 2 N–H and O–H groups in total. The fourth-order valence-electron chi connectivity index (χ4n) is 1.51. The molecule has 1 aromatic rings. The fourth-order valence-corrected chi connectivity index (χ4v) is 1.51. The van der Waals surface area contributed by atoms with Gasteiger partial charge in [-0.3, -0.25) is 9.59 Å². The van der Waals surface area contributed by atoms with E-state index in [1.807, 2.05) is 0 Å². The Morgan fingerprint density at radius 1 is 1.05 bits per heavy atom. The van der Waals surface area contributed by atoms with Crippen LogP contribution in [0.15, 0.2) is 17.2 Å². The van der Waals surface area contributed by atoms with Crippen LogP contribution in [0, 0.1) is 0 Å². The van der Waals surface area contributed by atoms with Gasteiger partial charge >= 0.3 is 11.8 Å². The lowest BCUT2D eigenvalue weighted by Crippen LogP contribution is -2.35. The number of carbonyl (C=O) groups excluding carboxylic acids is 2. The molecule has 114 valence electrons. The lowest BCUT2D eigenvalue weighted by molar-refractivity contribution is -0.138. The molecule has 0 unspecified atom stereocenters. The van der Waals surface area contributed by atoms with E-state index in [9.17, 15) is 9.59 Å². The van der Waals surface area contributed by atoms with Gasteiger partial charge in [-0.15, -0.1) is 0 Å². The van der Waals surface area contributed by atoms with E-state index in [-0.39, 0.29) is 0 Å². The Balaban J connectivity index is 2.94. The lowest BCUT2D eigenvalue weighted by atomic mass is 10.2. The molecule has 0 saturated carbocycles. The first-order valence-corrected chi connectivity index (χ1v) is 5.92. The van der Waals surface area contributed by atoms with Gasteiger partial charge in [0.15, 0.2) is 11.5 Å². The number of hydrogen-bond donors (Lipinski definition) is 2. The zero-order chi connectivity index (χ0) is 15.8. The Morgan fingerprint density at radius 2 is 1.62 bits per heavy atom. The number of likely N-dealkylation sites (N-methyl/N-ethyl adjacent to an activating group) is 1. The second-order valence-electron chi connectivity index (χ2n) is 3.74. The molecule has 0 spiro atoms. The summed E-state index contributed by atoms with van der Waals surface area (Å²) in [6.45, 7) is 0. The average molecular weight is 295 g/mol. The van der Waals surface area contributed by atoms with Crippen LogP contribution >= 0.6 is 0 Å². The van der Waals surface area contributed by atoms with Crippen LogP contribution in [0.2, 0.25) is 0 Å². The van der Waals surface area contributed by atoms with Crippen molar-refractivity contribution in [1.29, 1.82) is 0 Å². The lowest BCUT2D eigenvalue weighted by Gasteiger charge is -2.12. The zero-order valence-electron chi connectivity index (χ0n) is 12.2. The summed E-state index contributed by atoms with van der Waals surface area (Å²) in [5.74, 6) is -0.281. The van der Waals surface area contributed by atoms with E-state index in [2.05, 4.69) is 15.8 Å². The van der Waals surface area contributed by atoms with Crippen LogP contribution in [0.4, 0.5) is 0 Å². The molecule has 0 aliphatic rings. The molecular weight excluding hydrogens is 278 g/mol. The summed E-state index contributed by atoms with van der Waals surface area (Å²) in [4.78, 5) is 22.2. The third-order valence-electron chi connectivity index (χ3n) is 2.50. The molecule has 0 radical (unpaired) electrons. The van der Waals surface area contributed by atoms with Crippen molar-refractivity contribution in [2.75, 3.05) is 28.4 Å². The van der Waals surface area contributed by atoms with Gasteiger partial charge < -0.3 is 19.5 Å². The van der Waals surface area contributed by atoms with Crippen molar-refractivity contribution in [3.8, 4) is 17.2 Å². The number of nitrogens with one attached hydrogen (secondary N) is 2. The third-order valence-corrected chi connectivity index (χ3v) is 2.50. The Hall–Kier alpha value is -2.77. The maximum atomic E-state index is 11.2. The molecule has 0 saturated heterocycles. The standard InChI is InChI=1S/C13H17N3O5/c1-14-12(17)13(18)16-15-7-8-5-9(19-2)11(21-4)10(6-8)20-3/h5-7H,1-4H3,(H,14,17)(H,16,18)/b15-7-. The van der Waals surface area contributed by atoms with E-state index in [0.717, 1.165) is 0 Å². The quantitative estimate of drug-likeness (QED) is 0.449. The Labute approximate surface area is 122 Å². The SMILES string of the molecule is CNC(=O)C(=O)N/N=C\c1cc(OC)c(OC)c(OC)c1. The highest BCUT2D eigenvalue weighted by Crippen LogP contribution is 2.37. The molecule has 0 heterocycles. The van der Waals surface area contributed by atoms with E-state index in [0.29, 0.717) is 22.8 Å². The summed E-state index contributed by atoms with van der Waals surface area (Å²) in [6.07, 6.45) is 1.35. The number of hydrogen-bond acceptors (Lipinski definition) is 6. The number of benzene rings is 1. The molecule has 0 fully saturated rings. The third kappa shape index (κ3) is 4.10. The minimum Gasteiger partial charge on any atom is -0.493 e. The number of amides is 2. The molecule has 21 heavy (non-hydrogen) atoms. The molecule has 0 aliphatic heterocycles. The maximum Gasteiger partial charge on any atom is 0.329 e. The van der Waals surface area contributed by atoms with Crippen LogP contribution in [0.3, 0.4) is 0 Å². The summed E-state index contributed by atoms with van der Waals surface area (Å²) in [5, 5.41) is 5.86. The highest BCUT2D eigenvalue weighted by molar-refractivity contribution is 6.34. The van der Waals surface area contributed by atoms with Gasteiger partial charge in [0.1, 0.15) is 0 Å². The molecule has 8 heteroatoms. The van der Waals surface area contributed by atoms with Crippen LogP contribution in [0.5, 0.6) is 17.2 Å². The topological polar surface area (TPSA) is 98.3 Å². The Kier molecular flexibility index (Phi) is 5.99. The predicted octanol–water partition coefficient (Wildman–Crippen LogP) is -0.0915. The summed E-state index contributed by atoms with van der Waals surface area (Å²) in [5.41, 5.74) is 2.69. The first kappa shape index (κ1) is 16.3. The minimum atomic E-state index is -0.860. The van der Waals surface area contributed by atoms with Crippen molar-refractivity contribution in [3.05, 3.63) is 17.7 Å². The molecule has 0 aliphatic carbocycles. The maximum absolute atomic E-state index is 11.2. The van der Waals surface area contributed by atoms with Crippen molar-refractivity contribution in [2.45, 2.75) is 0 Å². The van der Waals surface area contributed by atoms with Crippen molar-refractivity contribution in [3.63, 3.8) is 0 Å². The molecule has 0 bridgehead atoms. The minimum absolute atomic E-state index is 0.451. The number of ether oxygens (including phenoxy) is 3. The van der Waals surface area contributed by atoms with Crippen molar-refractivity contribution in [1.82, 2.24) is 10.7 Å². The van der Waals surface area contributed by atoms with Gasteiger partial charge in [-0.2, -0.15) is 5.10 Å². The highest BCUT2D eigenvalue weighted by Gasteiger charge is 2.13. The predicted molar refractivity (Wildman–Crippen MR) is 75.9 cm³/mol. The normalized spacial score (nSPS) is 10.1. The van der Waals surface area contributed by atoms with Gasteiger partial charge in [-0.25, -0.2) is 5.43 Å². The van der Waals surface area contributed by atoms with E-state index in [1.54, 1.807) is 12.1 Å².